The van der Waals surface area contributed by atoms with Gasteiger partial charge in [-0.3, -0.25) is 4.57 Å². The molecule has 0 amide bonds. The van der Waals surface area contributed by atoms with Crippen LogP contribution in [-0.2, 0) is 61.1 Å². The van der Waals surface area contributed by atoms with Crippen LogP contribution in [0.4, 0.5) is 8.78 Å². The van der Waals surface area contributed by atoms with Crippen molar-refractivity contribution in [2.75, 3.05) is 27.2 Å². The average Bonchev–Trinajstić information content (AvgIpc) is 1.29. The fraction of sp³-hybridized carbons (Fsp3) is 0.421. The second-order valence-electron chi connectivity index (χ2n) is 41.5. The lowest BCUT2D eigenvalue weighted by atomic mass is 9.69. The number of phenols is 2. The minimum atomic E-state index is -3.26. The number of aromatic hydroxyl groups is 2. The number of benzene rings is 12. The Hall–Kier alpha value is -9.04. The highest BCUT2D eigenvalue weighted by molar-refractivity contribution is 7.56. The van der Waals surface area contributed by atoms with Gasteiger partial charge in [-0.15, -0.1) is 0 Å². The SMILES string of the molecule is C.CC(C)(C)c1c(F)cccc1B1OC(C)(C)C(C)(C)O1.CC(C)(C)c1c(F)cccc1OCP(C)(=O)O.CC(C)(C)c1cc(B2OC(C)(C)C(C)(C)O2)cc2ccccc12.CC(C)(C)c1cc(O)cc2ccccc12.CC(C)(C)c1cc2ccccc2cc1O.COc1cc(C(C)(C)C)c2ccccc2c1.COc1ccc2ccccc2c1C(C)(C)C. The maximum absolute atomic E-state index is 14.3. The van der Waals surface area contributed by atoms with Gasteiger partial charge >= 0.3 is 14.2 Å². The van der Waals surface area contributed by atoms with Gasteiger partial charge in [-0.2, -0.15) is 0 Å². The molecule has 0 aromatic heterocycles. The topological polar surface area (TPSA) is 142 Å². The maximum Gasteiger partial charge on any atom is 0.495 e. The second kappa shape index (κ2) is 38.8. The number of methoxy groups -OCH3 is 2. The Morgan fingerprint density at radius 3 is 1.16 bits per heavy atom. The average molecular weight is 1690 g/mol. The minimum Gasteiger partial charge on any atom is -0.508 e. The first kappa shape index (κ1) is 101. The van der Waals surface area contributed by atoms with Crippen LogP contribution in [0.15, 0.2) is 218 Å². The summed E-state index contributed by atoms with van der Waals surface area (Å²) < 4.78 is 79.9. The molecule has 11 nitrogen and oxygen atoms in total. The highest BCUT2D eigenvalue weighted by Gasteiger charge is 2.54. The van der Waals surface area contributed by atoms with E-state index in [0.717, 1.165) is 38.8 Å². The largest absolute Gasteiger partial charge is 0.508 e. The van der Waals surface area contributed by atoms with Crippen molar-refractivity contribution in [2.45, 2.75) is 269 Å². The Morgan fingerprint density at radius 2 is 0.732 bits per heavy atom. The lowest BCUT2D eigenvalue weighted by Crippen LogP contribution is -2.41. The van der Waals surface area contributed by atoms with E-state index in [4.69, 9.17) is 32.8 Å². The number of hydrogen-bond donors (Lipinski definition) is 3. The van der Waals surface area contributed by atoms with Crippen LogP contribution in [0.3, 0.4) is 0 Å². The number of halogens is 2. The molecular formula is C107H141B2F2O11P. The quantitative estimate of drug-likeness (QED) is 0.104. The van der Waals surface area contributed by atoms with Crippen molar-refractivity contribution in [1.82, 2.24) is 0 Å². The summed E-state index contributed by atoms with van der Waals surface area (Å²) in [4.78, 5) is 9.18. The first-order valence-corrected chi connectivity index (χ1v) is 44.7. The molecule has 3 N–H and O–H groups in total. The molecule has 12 aromatic carbocycles. The van der Waals surface area contributed by atoms with E-state index in [0.29, 0.717) is 28.4 Å². The van der Waals surface area contributed by atoms with Crippen molar-refractivity contribution < 1.29 is 61.3 Å². The first-order chi connectivity index (χ1) is 56.1. The molecular weight excluding hydrogens is 1550 g/mol. The van der Waals surface area contributed by atoms with E-state index in [1.165, 1.54) is 90.2 Å². The number of fused-ring (bicyclic) bond motifs is 5. The molecule has 660 valence electrons. The first-order valence-electron chi connectivity index (χ1n) is 42.4. The molecule has 0 aliphatic carbocycles. The van der Waals surface area contributed by atoms with Gasteiger partial charge < -0.3 is 47.9 Å². The standard InChI is InChI=1S/C20H27BO2.C16H24BFO2.2C15H18O.2C14H16O.C12H18FO3P.CH4/c1-18(2,3)17-13-15(12-14-10-8-9-11-16(14)17)21-22-19(4,5)20(6,7)23-21;1-14(2,3)13-11(9-8-10-12(13)18)17-19-15(4,5)16(6,7)20-17;1-15(2,3)14-10-12(16-4)9-11-7-5-6-8-13(11)14;1-15(2,3)14-12-8-6-5-7-11(12)9-10-13(14)16-4;1-14(2,3)13-9-11(15)8-10-6-4-5-7-12(10)13;1-14(2,3)12-8-10-6-4-5-7-11(10)9-13(12)15;1-12(2,3)11-9(13)6-5-7-10(11)16-8-17(4,14)15;/h8-13H,1-7H3;8-10H,1-7H3;2*5-10H,1-4H3;2*4-9,15H,1-3H3;5-7H,8H2,1-4H3,(H,14,15);1H4. The third-order valence-electron chi connectivity index (χ3n) is 22.8. The van der Waals surface area contributed by atoms with E-state index in [-0.39, 0.29) is 76.2 Å². The fourth-order valence-electron chi connectivity index (χ4n) is 15.1. The summed E-state index contributed by atoms with van der Waals surface area (Å²) in [6.07, 6.45) is -0.306. The van der Waals surface area contributed by atoms with Crippen LogP contribution >= 0.6 is 7.37 Å². The van der Waals surface area contributed by atoms with Gasteiger partial charge in [0.05, 0.1) is 36.6 Å². The molecule has 2 fully saturated rings. The summed E-state index contributed by atoms with van der Waals surface area (Å²) in [6, 6.07) is 71.8. The summed E-state index contributed by atoms with van der Waals surface area (Å²) in [6.45, 7) is 62.1. The van der Waals surface area contributed by atoms with Crippen LogP contribution in [0.25, 0.3) is 53.9 Å². The van der Waals surface area contributed by atoms with E-state index in [1.807, 2.05) is 130 Å². The Bertz CT molecular complexity index is 5620. The van der Waals surface area contributed by atoms with Gasteiger partial charge in [0.15, 0.2) is 6.35 Å². The van der Waals surface area contributed by atoms with Crippen molar-refractivity contribution in [3.63, 3.8) is 0 Å². The van der Waals surface area contributed by atoms with Crippen LogP contribution in [0.5, 0.6) is 28.7 Å². The van der Waals surface area contributed by atoms with Crippen molar-refractivity contribution >= 4 is 86.4 Å². The van der Waals surface area contributed by atoms with E-state index in [9.17, 15) is 28.5 Å². The summed E-state index contributed by atoms with van der Waals surface area (Å²) in [5.74, 6) is 2.41. The summed E-state index contributed by atoms with van der Waals surface area (Å²) in [5.41, 5.74) is 7.27. The lowest BCUT2D eigenvalue weighted by Gasteiger charge is -2.32. The molecule has 2 aliphatic rings. The molecule has 1 unspecified atom stereocenters. The zero-order valence-electron chi connectivity index (χ0n) is 79.0. The zero-order chi connectivity index (χ0) is 91.3. The van der Waals surface area contributed by atoms with Gasteiger partial charge in [-0.1, -0.05) is 311 Å². The Balaban J connectivity index is 0.000000198. The third-order valence-corrected chi connectivity index (χ3v) is 23.4. The van der Waals surface area contributed by atoms with Crippen LogP contribution in [0.1, 0.15) is 247 Å². The van der Waals surface area contributed by atoms with E-state index in [1.54, 1.807) is 26.4 Å². The van der Waals surface area contributed by atoms with Crippen molar-refractivity contribution in [1.29, 1.82) is 0 Å². The molecule has 0 bridgehead atoms. The molecule has 0 spiro atoms. The van der Waals surface area contributed by atoms with Gasteiger partial charge in [0.2, 0.25) is 7.37 Å². The molecule has 0 radical (unpaired) electrons. The molecule has 0 saturated carbocycles. The lowest BCUT2D eigenvalue weighted by molar-refractivity contribution is 0.00578. The van der Waals surface area contributed by atoms with Crippen molar-refractivity contribution in [3.05, 3.63) is 269 Å². The minimum absolute atomic E-state index is 0. The summed E-state index contributed by atoms with van der Waals surface area (Å²) in [5, 5.41) is 31.9. The van der Waals surface area contributed by atoms with Gasteiger partial charge in [-0.25, -0.2) is 8.78 Å². The van der Waals surface area contributed by atoms with Crippen LogP contribution in [0, 0.1) is 11.6 Å². The highest BCUT2D eigenvalue weighted by atomic mass is 31.2. The van der Waals surface area contributed by atoms with Gasteiger partial charge in [0, 0.05) is 17.8 Å². The smallest absolute Gasteiger partial charge is 0.495 e. The number of hydrogen-bond acceptors (Lipinski definition) is 10. The molecule has 123 heavy (non-hydrogen) atoms. The number of phenolic OH excluding ortho intramolecular Hbond substituents is 2. The Kier molecular flexibility index (Phi) is 31.9. The third kappa shape index (κ3) is 25.6. The molecule has 2 aliphatic heterocycles. The number of ether oxygens (including phenoxy) is 3. The normalized spacial score (nSPS) is 15.3. The molecule has 2 heterocycles. The predicted molar refractivity (Wildman–Crippen MR) is 519 cm³/mol. The van der Waals surface area contributed by atoms with Gasteiger partial charge in [0.1, 0.15) is 40.4 Å². The Labute approximate surface area is 736 Å². The second-order valence-corrected chi connectivity index (χ2v) is 43.9. The van der Waals surface area contributed by atoms with Crippen LogP contribution < -0.4 is 25.1 Å². The molecule has 12 aromatic rings. The molecule has 1 atom stereocenters. The predicted octanol–water partition coefficient (Wildman–Crippen LogP) is 27.8. The van der Waals surface area contributed by atoms with Crippen molar-refractivity contribution in [2.24, 2.45) is 0 Å². The van der Waals surface area contributed by atoms with Crippen molar-refractivity contribution in [3.8, 4) is 28.7 Å². The highest BCUT2D eigenvalue weighted by Crippen LogP contribution is 2.44. The summed E-state index contributed by atoms with van der Waals surface area (Å²) in [7, 11) is -0.646. The van der Waals surface area contributed by atoms with Gasteiger partial charge in [-0.05, 0) is 247 Å². The van der Waals surface area contributed by atoms with Crippen LogP contribution in [-0.4, -0.2) is 79.0 Å². The van der Waals surface area contributed by atoms with E-state index in [2.05, 4.69) is 259 Å². The molecule has 16 heteroatoms. The molecule has 2 saturated heterocycles. The zero-order valence-corrected chi connectivity index (χ0v) is 79.9. The van der Waals surface area contributed by atoms with E-state index >= 15 is 0 Å². The van der Waals surface area contributed by atoms with Gasteiger partial charge in [0.25, 0.3) is 0 Å². The summed E-state index contributed by atoms with van der Waals surface area (Å²) >= 11 is 0. The van der Waals surface area contributed by atoms with E-state index < -0.39 is 31.1 Å². The Morgan fingerprint density at radius 1 is 0.358 bits per heavy atom. The molecule has 14 rings (SSSR count). The number of rotatable bonds is 7. The van der Waals surface area contributed by atoms with Crippen LogP contribution in [0.2, 0.25) is 0 Å². The monoisotopic (exact) mass is 1690 g/mol. The fourth-order valence-corrected chi connectivity index (χ4v) is 15.4. The maximum atomic E-state index is 14.3.